The third-order valence-corrected chi connectivity index (χ3v) is 6.91. The maximum Gasteiger partial charge on any atom is 0.263 e. The van der Waals surface area contributed by atoms with Crippen LogP contribution >= 0.6 is 11.8 Å². The number of anilines is 1. The molecule has 0 atom stereocenters. The zero-order valence-electron chi connectivity index (χ0n) is 15.6. The summed E-state index contributed by atoms with van der Waals surface area (Å²) in [7, 11) is -3.82. The molecule has 0 unspecified atom stereocenters. The predicted molar refractivity (Wildman–Crippen MR) is 114 cm³/mol. The van der Waals surface area contributed by atoms with E-state index in [1.807, 2.05) is 42.1 Å². The Labute approximate surface area is 173 Å². The molecule has 3 aromatic rings. The lowest BCUT2D eigenvalue weighted by Crippen LogP contribution is -2.37. The van der Waals surface area contributed by atoms with Gasteiger partial charge in [0.25, 0.3) is 15.9 Å². The molecule has 0 spiro atoms. The van der Waals surface area contributed by atoms with Gasteiger partial charge in [0.15, 0.2) is 0 Å². The Hall–Kier alpha value is -2.78. The summed E-state index contributed by atoms with van der Waals surface area (Å²) in [6, 6.07) is 16.9. The minimum absolute atomic E-state index is 0.0654. The Balaban J connectivity index is 1.53. The zero-order valence-corrected chi connectivity index (χ0v) is 17.2. The number of benzene rings is 2. The average molecular weight is 429 g/mol. The highest BCUT2D eigenvalue weighted by atomic mass is 32.2. The van der Waals surface area contributed by atoms with Crippen molar-refractivity contribution in [1.29, 1.82) is 0 Å². The van der Waals surface area contributed by atoms with Crippen molar-refractivity contribution in [2.45, 2.75) is 4.90 Å². The van der Waals surface area contributed by atoms with Gasteiger partial charge in [-0.05, 0) is 36.4 Å². The van der Waals surface area contributed by atoms with Gasteiger partial charge in [-0.1, -0.05) is 18.2 Å². The van der Waals surface area contributed by atoms with E-state index in [1.165, 1.54) is 23.0 Å². The number of nitrogens with one attached hydrogen (secondary N) is 1. The van der Waals surface area contributed by atoms with Crippen LogP contribution in [-0.2, 0) is 10.0 Å². The van der Waals surface area contributed by atoms with Crippen molar-refractivity contribution in [3.63, 3.8) is 0 Å². The molecule has 29 heavy (non-hydrogen) atoms. The van der Waals surface area contributed by atoms with Crippen molar-refractivity contribution >= 4 is 33.5 Å². The van der Waals surface area contributed by atoms with Gasteiger partial charge < -0.3 is 4.90 Å². The van der Waals surface area contributed by atoms with Crippen molar-refractivity contribution in [3.05, 3.63) is 72.4 Å². The molecule has 0 bridgehead atoms. The third-order valence-electron chi connectivity index (χ3n) is 4.59. The first-order valence-electron chi connectivity index (χ1n) is 9.14. The van der Waals surface area contributed by atoms with E-state index in [9.17, 15) is 13.2 Å². The summed E-state index contributed by atoms with van der Waals surface area (Å²) in [5.74, 6) is 2.13. The van der Waals surface area contributed by atoms with Gasteiger partial charge >= 0.3 is 0 Å². The molecule has 1 saturated heterocycles. The molecule has 150 valence electrons. The molecule has 0 saturated carbocycles. The molecule has 7 nitrogen and oxygen atoms in total. The smallest absolute Gasteiger partial charge is 0.263 e. The van der Waals surface area contributed by atoms with E-state index in [-0.39, 0.29) is 10.8 Å². The molecule has 1 N–H and O–H groups in total. The summed E-state index contributed by atoms with van der Waals surface area (Å²) in [6.07, 6.45) is 1.53. The van der Waals surface area contributed by atoms with Gasteiger partial charge in [0, 0.05) is 36.2 Å². The third kappa shape index (κ3) is 4.30. The lowest BCUT2D eigenvalue weighted by molar-refractivity contribution is 0.0772. The summed E-state index contributed by atoms with van der Waals surface area (Å²) in [5.41, 5.74) is 1.24. The van der Waals surface area contributed by atoms with Crippen LogP contribution in [0.4, 0.5) is 5.82 Å². The van der Waals surface area contributed by atoms with E-state index in [4.69, 9.17) is 0 Å². The van der Waals surface area contributed by atoms with Crippen LogP contribution in [0.3, 0.4) is 0 Å². The largest absolute Gasteiger partial charge is 0.337 e. The summed E-state index contributed by atoms with van der Waals surface area (Å²) in [6.45, 7) is 1.43. The molecular weight excluding hydrogens is 408 g/mol. The Kier molecular flexibility index (Phi) is 5.59. The van der Waals surface area contributed by atoms with Crippen LogP contribution in [-0.4, -0.2) is 53.6 Å². The summed E-state index contributed by atoms with van der Waals surface area (Å²) < 4.78 is 29.7. The van der Waals surface area contributed by atoms with E-state index in [1.54, 1.807) is 23.1 Å². The number of hydrogen-bond acceptors (Lipinski definition) is 5. The van der Waals surface area contributed by atoms with Crippen LogP contribution in [0.25, 0.3) is 5.69 Å². The van der Waals surface area contributed by atoms with Crippen LogP contribution in [0.5, 0.6) is 0 Å². The molecule has 1 fully saturated rings. The first-order chi connectivity index (χ1) is 14.0. The van der Waals surface area contributed by atoms with Crippen molar-refractivity contribution in [2.24, 2.45) is 0 Å². The van der Waals surface area contributed by atoms with E-state index in [2.05, 4.69) is 9.82 Å². The molecule has 2 aromatic carbocycles. The topological polar surface area (TPSA) is 84.3 Å². The van der Waals surface area contributed by atoms with E-state index in [0.29, 0.717) is 24.5 Å². The molecular formula is C20H20N4O3S2. The Morgan fingerprint density at radius 3 is 2.34 bits per heavy atom. The fourth-order valence-electron chi connectivity index (χ4n) is 3.08. The van der Waals surface area contributed by atoms with Gasteiger partial charge in [-0.25, -0.2) is 13.1 Å². The number of amides is 1. The number of para-hydroxylation sites is 1. The molecule has 1 amide bonds. The number of sulfonamides is 1. The Morgan fingerprint density at radius 1 is 0.966 bits per heavy atom. The fourth-order valence-corrected chi connectivity index (χ4v) is 5.02. The molecule has 0 aliphatic carbocycles. The number of thioether (sulfide) groups is 1. The van der Waals surface area contributed by atoms with E-state index < -0.39 is 10.0 Å². The maximum atomic E-state index is 12.8. The standard InChI is InChI=1S/C20H20N4O3S2/c25-20(23-12-14-28-15-13-23)16-6-8-18(9-7-16)29(26,27)22-19-10-11-21-24(19)17-4-2-1-3-5-17/h1-11,22H,12-15H2. The van der Waals surface area contributed by atoms with Gasteiger partial charge in [0.05, 0.1) is 16.8 Å². The number of rotatable bonds is 5. The van der Waals surface area contributed by atoms with Crippen LogP contribution in [0, 0.1) is 0 Å². The van der Waals surface area contributed by atoms with Crippen molar-refractivity contribution in [3.8, 4) is 5.69 Å². The normalized spacial score (nSPS) is 14.6. The molecule has 1 aliphatic heterocycles. The van der Waals surface area contributed by atoms with Gasteiger partial charge in [0.2, 0.25) is 0 Å². The molecule has 1 aliphatic rings. The first kappa shape index (κ1) is 19.5. The maximum absolute atomic E-state index is 12.8. The van der Waals surface area contributed by atoms with Gasteiger partial charge in [-0.3, -0.25) is 9.52 Å². The lowest BCUT2D eigenvalue weighted by atomic mass is 10.2. The summed E-state index contributed by atoms with van der Waals surface area (Å²) >= 11 is 1.83. The van der Waals surface area contributed by atoms with Crippen LogP contribution in [0.2, 0.25) is 0 Å². The van der Waals surface area contributed by atoms with Gasteiger partial charge in [-0.2, -0.15) is 16.9 Å². The highest BCUT2D eigenvalue weighted by Crippen LogP contribution is 2.20. The number of carbonyl (C=O) groups is 1. The molecule has 0 radical (unpaired) electrons. The second-order valence-corrected chi connectivity index (χ2v) is 9.41. The molecule has 1 aromatic heterocycles. The monoisotopic (exact) mass is 428 g/mol. The van der Waals surface area contributed by atoms with Gasteiger partial charge in [-0.15, -0.1) is 0 Å². The SMILES string of the molecule is O=C(c1ccc(S(=O)(=O)Nc2ccnn2-c2ccccc2)cc1)N1CCSCC1. The Morgan fingerprint density at radius 2 is 1.66 bits per heavy atom. The fraction of sp³-hybridized carbons (Fsp3) is 0.200. The quantitative estimate of drug-likeness (QED) is 0.676. The highest BCUT2D eigenvalue weighted by molar-refractivity contribution is 7.99. The van der Waals surface area contributed by atoms with Crippen LogP contribution in [0.15, 0.2) is 71.8 Å². The Bertz CT molecular complexity index is 1090. The number of aromatic nitrogens is 2. The highest BCUT2D eigenvalue weighted by Gasteiger charge is 2.21. The molecule has 9 heteroatoms. The van der Waals surface area contributed by atoms with E-state index in [0.717, 1.165) is 17.2 Å². The average Bonchev–Trinajstić information content (AvgIpc) is 3.22. The molecule has 2 heterocycles. The van der Waals surface area contributed by atoms with E-state index >= 15 is 0 Å². The first-order valence-corrected chi connectivity index (χ1v) is 11.8. The zero-order chi connectivity index (χ0) is 20.3. The second-order valence-electron chi connectivity index (χ2n) is 6.50. The lowest BCUT2D eigenvalue weighted by Gasteiger charge is -2.26. The minimum Gasteiger partial charge on any atom is -0.337 e. The van der Waals surface area contributed by atoms with Crippen molar-refractivity contribution in [2.75, 3.05) is 29.3 Å². The number of carbonyl (C=O) groups excluding carboxylic acids is 1. The van der Waals surface area contributed by atoms with Crippen LogP contribution < -0.4 is 4.72 Å². The van der Waals surface area contributed by atoms with Crippen LogP contribution in [0.1, 0.15) is 10.4 Å². The molecule has 4 rings (SSSR count). The van der Waals surface area contributed by atoms with Crippen molar-refractivity contribution in [1.82, 2.24) is 14.7 Å². The second kappa shape index (κ2) is 8.30. The predicted octanol–water partition coefficient (Wildman–Crippen LogP) is 2.86. The summed E-state index contributed by atoms with van der Waals surface area (Å²) in [4.78, 5) is 14.4. The van der Waals surface area contributed by atoms with Crippen molar-refractivity contribution < 1.29 is 13.2 Å². The minimum atomic E-state index is -3.82. The number of nitrogens with zero attached hydrogens (tertiary/aromatic N) is 3. The summed E-state index contributed by atoms with van der Waals surface area (Å²) in [5, 5.41) is 4.19. The van der Waals surface area contributed by atoms with Gasteiger partial charge in [0.1, 0.15) is 5.82 Å². The number of hydrogen-bond donors (Lipinski definition) is 1.